The molecule has 0 radical (unpaired) electrons. The number of hydrogen-bond donors (Lipinski definition) is 2. The third kappa shape index (κ3) is 7.49. The summed E-state index contributed by atoms with van der Waals surface area (Å²) in [5.74, 6) is 0. The third-order valence-corrected chi connectivity index (χ3v) is 9.62. The molecule has 0 unspecified atom stereocenters. The standard InChI is InChI=1S/C13H13NO4S2.C12H11NO2S/c1-11-7-9-13(10-8-11)20(17,18)14-19(15,16)12-5-3-2-4-6-12;14-16(15,12-9-5-2-6-10-12)13-11-7-3-1-4-8-11/h2-10,14H,1H3;1-10,13H. The van der Waals surface area contributed by atoms with Crippen molar-refractivity contribution in [1.82, 2.24) is 4.13 Å². The number of nitrogens with one attached hydrogen (secondary N) is 2. The van der Waals surface area contributed by atoms with Crippen LogP contribution >= 0.6 is 0 Å². The second kappa shape index (κ2) is 11.5. The van der Waals surface area contributed by atoms with E-state index in [-0.39, 0.29) is 14.7 Å². The van der Waals surface area contributed by atoms with E-state index in [9.17, 15) is 25.3 Å². The van der Waals surface area contributed by atoms with Gasteiger partial charge in [0.05, 0.1) is 14.7 Å². The number of hydrogen-bond acceptors (Lipinski definition) is 6. The highest BCUT2D eigenvalue weighted by Crippen LogP contribution is 2.15. The number of sulfonamides is 3. The SMILES string of the molecule is Cc1ccc(S(=O)(=O)NS(=O)(=O)c2ccccc2)cc1.O=S(=O)(Nc1ccccc1)c1ccccc1. The van der Waals surface area contributed by atoms with Crippen molar-refractivity contribution in [2.45, 2.75) is 21.6 Å². The molecule has 0 aliphatic rings. The second-order valence-electron chi connectivity index (χ2n) is 7.50. The second-order valence-corrected chi connectivity index (χ2v) is 12.8. The molecule has 8 nitrogen and oxygen atoms in total. The number of para-hydroxylation sites is 1. The Hall–Kier alpha value is -3.51. The molecule has 0 heterocycles. The van der Waals surface area contributed by atoms with Crippen molar-refractivity contribution < 1.29 is 25.3 Å². The summed E-state index contributed by atoms with van der Waals surface area (Å²) in [7, 11) is -11.7. The predicted molar refractivity (Wildman–Crippen MR) is 139 cm³/mol. The average molecular weight is 545 g/mol. The van der Waals surface area contributed by atoms with Gasteiger partial charge < -0.3 is 0 Å². The molecule has 0 aliphatic carbocycles. The van der Waals surface area contributed by atoms with Crippen molar-refractivity contribution in [3.63, 3.8) is 0 Å². The molecule has 0 bridgehead atoms. The molecule has 0 amide bonds. The molecule has 4 aromatic rings. The Bertz CT molecular complexity index is 1590. The van der Waals surface area contributed by atoms with Gasteiger partial charge in [-0.3, -0.25) is 4.72 Å². The molecule has 4 aromatic carbocycles. The maximum atomic E-state index is 12.0. The van der Waals surface area contributed by atoms with Crippen molar-refractivity contribution in [1.29, 1.82) is 0 Å². The van der Waals surface area contributed by atoms with E-state index in [4.69, 9.17) is 0 Å². The van der Waals surface area contributed by atoms with Gasteiger partial charge in [-0.05, 0) is 55.5 Å². The Labute approximate surface area is 211 Å². The molecular weight excluding hydrogens is 520 g/mol. The van der Waals surface area contributed by atoms with E-state index in [1.165, 1.54) is 36.4 Å². The highest BCUT2D eigenvalue weighted by molar-refractivity contribution is 8.04. The molecule has 0 fully saturated rings. The van der Waals surface area contributed by atoms with Gasteiger partial charge in [-0.1, -0.05) is 72.3 Å². The van der Waals surface area contributed by atoms with E-state index >= 15 is 0 Å². The topological polar surface area (TPSA) is 126 Å². The summed E-state index contributed by atoms with van der Waals surface area (Å²) >= 11 is 0. The lowest BCUT2D eigenvalue weighted by Crippen LogP contribution is -2.30. The van der Waals surface area contributed by atoms with Crippen LogP contribution in [0.3, 0.4) is 0 Å². The van der Waals surface area contributed by atoms with Crippen LogP contribution < -0.4 is 8.85 Å². The van der Waals surface area contributed by atoms with Crippen LogP contribution in [0.15, 0.2) is 130 Å². The van der Waals surface area contributed by atoms with Crippen molar-refractivity contribution in [2.24, 2.45) is 0 Å². The van der Waals surface area contributed by atoms with Gasteiger partial charge in [0, 0.05) is 5.69 Å². The first-order valence-corrected chi connectivity index (χ1v) is 15.0. The van der Waals surface area contributed by atoms with Crippen LogP contribution in [0.4, 0.5) is 5.69 Å². The molecule has 0 aromatic heterocycles. The van der Waals surface area contributed by atoms with E-state index < -0.39 is 30.1 Å². The molecule has 0 atom stereocenters. The molecule has 0 aliphatic heterocycles. The zero-order valence-electron chi connectivity index (χ0n) is 19.1. The number of benzene rings is 4. The fraction of sp³-hybridized carbons (Fsp3) is 0.0400. The minimum atomic E-state index is -4.12. The fourth-order valence-corrected chi connectivity index (χ4v) is 6.89. The van der Waals surface area contributed by atoms with Crippen LogP contribution in [-0.4, -0.2) is 25.3 Å². The first-order valence-electron chi connectivity index (χ1n) is 10.5. The minimum absolute atomic E-state index is 0.0948. The van der Waals surface area contributed by atoms with Crippen molar-refractivity contribution in [3.8, 4) is 0 Å². The molecule has 2 N–H and O–H groups in total. The number of rotatable bonds is 7. The summed E-state index contributed by atoms with van der Waals surface area (Å²) in [6.07, 6.45) is 0. The van der Waals surface area contributed by atoms with E-state index in [0.29, 0.717) is 5.69 Å². The first kappa shape index (κ1) is 27.1. The summed E-state index contributed by atoms with van der Waals surface area (Å²) in [6, 6.07) is 30.4. The Balaban J connectivity index is 0.000000205. The summed E-state index contributed by atoms with van der Waals surface area (Å²) in [5.41, 5.74) is 1.45. The summed E-state index contributed by atoms with van der Waals surface area (Å²) in [6.45, 7) is 1.81. The van der Waals surface area contributed by atoms with Gasteiger partial charge in [0.25, 0.3) is 30.1 Å². The van der Waals surface area contributed by atoms with Crippen LogP contribution in [0.1, 0.15) is 5.56 Å². The highest BCUT2D eigenvalue weighted by Gasteiger charge is 2.24. The van der Waals surface area contributed by atoms with E-state index in [0.717, 1.165) is 5.56 Å². The van der Waals surface area contributed by atoms with Crippen LogP contribution in [0.25, 0.3) is 0 Å². The van der Waals surface area contributed by atoms with E-state index in [1.807, 2.05) is 13.0 Å². The maximum absolute atomic E-state index is 12.0. The lowest BCUT2D eigenvalue weighted by Gasteiger charge is -2.08. The summed E-state index contributed by atoms with van der Waals surface area (Å²) in [5, 5.41) is 0. The van der Waals surface area contributed by atoms with Gasteiger partial charge in [0.2, 0.25) is 0 Å². The van der Waals surface area contributed by atoms with Gasteiger partial charge in [-0.2, -0.15) is 0 Å². The number of anilines is 1. The Morgan fingerprint density at radius 1 is 0.444 bits per heavy atom. The zero-order chi connectivity index (χ0) is 26.2. The van der Waals surface area contributed by atoms with Crippen LogP contribution in [-0.2, 0) is 30.1 Å². The van der Waals surface area contributed by atoms with E-state index in [1.54, 1.807) is 76.9 Å². The predicted octanol–water partition coefficient (Wildman–Crippen LogP) is 4.15. The molecular formula is C25H24N2O6S3. The minimum Gasteiger partial charge on any atom is -0.280 e. The first-order chi connectivity index (χ1) is 17.0. The molecule has 0 saturated heterocycles. The zero-order valence-corrected chi connectivity index (χ0v) is 21.6. The van der Waals surface area contributed by atoms with Crippen molar-refractivity contribution >= 4 is 35.8 Å². The van der Waals surface area contributed by atoms with Gasteiger partial charge >= 0.3 is 0 Å². The Kier molecular flexibility index (Phi) is 8.64. The van der Waals surface area contributed by atoms with Gasteiger partial charge in [0.1, 0.15) is 0 Å². The van der Waals surface area contributed by atoms with Gasteiger partial charge in [-0.15, -0.1) is 4.13 Å². The summed E-state index contributed by atoms with van der Waals surface area (Å²) < 4.78 is 76.1. The Morgan fingerprint density at radius 3 is 1.25 bits per heavy atom. The Morgan fingerprint density at radius 2 is 0.806 bits per heavy atom. The summed E-state index contributed by atoms with van der Waals surface area (Å²) in [4.78, 5) is 0.0668. The van der Waals surface area contributed by atoms with Crippen LogP contribution in [0, 0.1) is 6.92 Å². The van der Waals surface area contributed by atoms with Crippen molar-refractivity contribution in [3.05, 3.63) is 121 Å². The molecule has 4 rings (SSSR count). The molecule has 0 spiro atoms. The van der Waals surface area contributed by atoms with Gasteiger partial charge in [-0.25, -0.2) is 25.3 Å². The number of aryl methyl sites for hydroxylation is 1. The van der Waals surface area contributed by atoms with Gasteiger partial charge in [0.15, 0.2) is 0 Å². The largest absolute Gasteiger partial charge is 0.280 e. The molecule has 0 saturated carbocycles. The van der Waals surface area contributed by atoms with Crippen LogP contribution in [0.2, 0.25) is 0 Å². The quantitative estimate of drug-likeness (QED) is 0.360. The smallest absolute Gasteiger partial charge is 0.261 e. The molecule has 36 heavy (non-hydrogen) atoms. The maximum Gasteiger partial charge on any atom is 0.261 e. The molecule has 188 valence electrons. The third-order valence-electron chi connectivity index (χ3n) is 4.68. The van der Waals surface area contributed by atoms with Crippen molar-refractivity contribution in [2.75, 3.05) is 4.72 Å². The highest BCUT2D eigenvalue weighted by atomic mass is 32.3. The normalized spacial score (nSPS) is 11.7. The van der Waals surface area contributed by atoms with E-state index in [2.05, 4.69) is 4.72 Å². The lowest BCUT2D eigenvalue weighted by atomic mass is 10.2. The average Bonchev–Trinajstić information content (AvgIpc) is 2.86. The van der Waals surface area contributed by atoms with Crippen LogP contribution in [0.5, 0.6) is 0 Å². The molecule has 11 heteroatoms. The fourth-order valence-electron chi connectivity index (χ4n) is 2.88. The monoisotopic (exact) mass is 544 g/mol. The lowest BCUT2D eigenvalue weighted by molar-refractivity contribution is 0.576.